The molecule has 4 nitrogen and oxygen atoms in total. The average molecular weight is 224 g/mol. The van der Waals surface area contributed by atoms with Crippen LogP contribution in [0.5, 0.6) is 5.75 Å². The van der Waals surface area contributed by atoms with Crippen LogP contribution in [0.15, 0.2) is 18.3 Å². The summed E-state index contributed by atoms with van der Waals surface area (Å²) in [5, 5.41) is 0. The summed E-state index contributed by atoms with van der Waals surface area (Å²) in [5.41, 5.74) is 6.77. The molecule has 0 fully saturated rings. The van der Waals surface area contributed by atoms with Crippen molar-refractivity contribution in [1.82, 2.24) is 4.98 Å². The molecule has 0 aliphatic rings. The van der Waals surface area contributed by atoms with Gasteiger partial charge in [-0.05, 0) is 25.5 Å². The molecule has 90 valence electrons. The average Bonchev–Trinajstić information content (AvgIpc) is 2.29. The van der Waals surface area contributed by atoms with E-state index in [4.69, 9.17) is 15.2 Å². The molecule has 0 aromatic carbocycles. The molecule has 1 rings (SSSR count). The monoisotopic (exact) mass is 224 g/mol. The van der Waals surface area contributed by atoms with Gasteiger partial charge in [0.25, 0.3) is 0 Å². The lowest BCUT2D eigenvalue weighted by molar-refractivity contribution is 0.0918. The van der Waals surface area contributed by atoms with Crippen molar-refractivity contribution in [3.8, 4) is 5.75 Å². The Hall–Kier alpha value is -1.13. The second kappa shape index (κ2) is 6.45. The molecule has 2 atom stereocenters. The molecule has 0 radical (unpaired) electrons. The van der Waals surface area contributed by atoms with Gasteiger partial charge in [-0.1, -0.05) is 6.92 Å². The van der Waals surface area contributed by atoms with E-state index in [0.717, 1.165) is 17.9 Å². The van der Waals surface area contributed by atoms with E-state index in [2.05, 4.69) is 4.98 Å². The van der Waals surface area contributed by atoms with Crippen LogP contribution >= 0.6 is 0 Å². The van der Waals surface area contributed by atoms with Crippen LogP contribution in [0, 0.1) is 0 Å². The molecule has 0 saturated carbocycles. The Morgan fingerprint density at radius 3 is 2.69 bits per heavy atom. The van der Waals surface area contributed by atoms with Crippen molar-refractivity contribution in [2.24, 2.45) is 5.73 Å². The quantitative estimate of drug-likeness (QED) is 0.802. The first-order valence-corrected chi connectivity index (χ1v) is 5.54. The van der Waals surface area contributed by atoms with E-state index in [1.807, 2.05) is 26.0 Å². The fourth-order valence-electron chi connectivity index (χ4n) is 1.39. The summed E-state index contributed by atoms with van der Waals surface area (Å²) < 4.78 is 10.6. The Balaban J connectivity index is 2.57. The van der Waals surface area contributed by atoms with E-state index in [9.17, 15) is 0 Å². The molecule has 4 heteroatoms. The lowest BCUT2D eigenvalue weighted by Crippen LogP contribution is -2.18. The second-order valence-electron chi connectivity index (χ2n) is 3.82. The summed E-state index contributed by atoms with van der Waals surface area (Å²) in [6.07, 6.45) is 2.61. The summed E-state index contributed by atoms with van der Waals surface area (Å²) in [4.78, 5) is 4.27. The lowest BCUT2D eigenvalue weighted by Gasteiger charge is -2.14. The standard InChI is InChI=1S/C12H20N2O2/c1-4-11(13)12-6-5-10(7-14-12)16-9(2)8-15-3/h5-7,9,11H,4,8,13H2,1-3H3/t9?,11-/m0/s1. The lowest BCUT2D eigenvalue weighted by atomic mass is 10.1. The van der Waals surface area contributed by atoms with Crippen molar-refractivity contribution >= 4 is 0 Å². The van der Waals surface area contributed by atoms with Crippen molar-refractivity contribution in [3.63, 3.8) is 0 Å². The van der Waals surface area contributed by atoms with Crippen LogP contribution in [-0.4, -0.2) is 24.8 Å². The zero-order chi connectivity index (χ0) is 12.0. The number of aromatic nitrogens is 1. The van der Waals surface area contributed by atoms with Gasteiger partial charge in [-0.25, -0.2) is 0 Å². The third-order valence-corrected chi connectivity index (χ3v) is 2.32. The van der Waals surface area contributed by atoms with Gasteiger partial charge in [0, 0.05) is 13.2 Å². The van der Waals surface area contributed by atoms with Crippen molar-refractivity contribution in [2.45, 2.75) is 32.4 Å². The molecule has 1 unspecified atom stereocenters. The first kappa shape index (κ1) is 12.9. The van der Waals surface area contributed by atoms with Crippen molar-refractivity contribution in [1.29, 1.82) is 0 Å². The summed E-state index contributed by atoms with van der Waals surface area (Å²) in [6.45, 7) is 4.56. The summed E-state index contributed by atoms with van der Waals surface area (Å²) in [6, 6.07) is 3.80. The maximum atomic E-state index is 5.87. The van der Waals surface area contributed by atoms with Crippen LogP contribution in [-0.2, 0) is 4.74 Å². The highest BCUT2D eigenvalue weighted by atomic mass is 16.5. The van der Waals surface area contributed by atoms with E-state index in [0.29, 0.717) is 6.61 Å². The minimum Gasteiger partial charge on any atom is -0.487 e. The van der Waals surface area contributed by atoms with Crippen LogP contribution in [0.3, 0.4) is 0 Å². The van der Waals surface area contributed by atoms with Crippen molar-refractivity contribution in [3.05, 3.63) is 24.0 Å². The Kier molecular flexibility index (Phi) is 5.22. The molecule has 0 amide bonds. The van der Waals surface area contributed by atoms with Crippen LogP contribution in [0.1, 0.15) is 32.0 Å². The molecular weight excluding hydrogens is 204 g/mol. The Morgan fingerprint density at radius 2 is 2.19 bits per heavy atom. The third kappa shape index (κ3) is 3.79. The number of hydrogen-bond donors (Lipinski definition) is 1. The fraction of sp³-hybridized carbons (Fsp3) is 0.583. The van der Waals surface area contributed by atoms with Crippen molar-refractivity contribution < 1.29 is 9.47 Å². The molecule has 0 saturated heterocycles. The number of nitrogens with zero attached hydrogens (tertiary/aromatic N) is 1. The molecule has 1 heterocycles. The Bertz CT molecular complexity index is 300. The first-order valence-electron chi connectivity index (χ1n) is 5.54. The highest BCUT2D eigenvalue weighted by molar-refractivity contribution is 5.21. The number of hydrogen-bond acceptors (Lipinski definition) is 4. The van der Waals surface area contributed by atoms with Gasteiger partial charge in [-0.3, -0.25) is 4.98 Å². The molecule has 0 spiro atoms. The van der Waals surface area contributed by atoms with E-state index in [1.54, 1.807) is 13.3 Å². The predicted molar refractivity (Wildman–Crippen MR) is 63.4 cm³/mol. The van der Waals surface area contributed by atoms with Gasteiger partial charge >= 0.3 is 0 Å². The molecule has 16 heavy (non-hydrogen) atoms. The van der Waals surface area contributed by atoms with Crippen LogP contribution in [0.4, 0.5) is 0 Å². The van der Waals surface area contributed by atoms with Crippen LogP contribution in [0.2, 0.25) is 0 Å². The number of nitrogens with two attached hydrogens (primary N) is 1. The zero-order valence-electron chi connectivity index (χ0n) is 10.1. The maximum absolute atomic E-state index is 5.87. The predicted octanol–water partition coefficient (Wildman–Crippen LogP) is 1.91. The molecule has 1 aromatic heterocycles. The molecule has 2 N–H and O–H groups in total. The summed E-state index contributed by atoms with van der Waals surface area (Å²) >= 11 is 0. The Morgan fingerprint density at radius 1 is 1.44 bits per heavy atom. The second-order valence-corrected chi connectivity index (χ2v) is 3.82. The third-order valence-electron chi connectivity index (χ3n) is 2.32. The van der Waals surface area contributed by atoms with Crippen LogP contribution < -0.4 is 10.5 Å². The van der Waals surface area contributed by atoms with E-state index in [-0.39, 0.29) is 12.1 Å². The number of methoxy groups -OCH3 is 1. The van der Waals surface area contributed by atoms with E-state index >= 15 is 0 Å². The number of rotatable bonds is 6. The molecular formula is C12H20N2O2. The van der Waals surface area contributed by atoms with Gasteiger partial charge in [-0.2, -0.15) is 0 Å². The zero-order valence-corrected chi connectivity index (χ0v) is 10.1. The minimum atomic E-state index is 0.00505. The van der Waals surface area contributed by atoms with Gasteiger partial charge in [0.2, 0.25) is 0 Å². The van der Waals surface area contributed by atoms with Gasteiger partial charge in [-0.15, -0.1) is 0 Å². The maximum Gasteiger partial charge on any atom is 0.138 e. The fourth-order valence-corrected chi connectivity index (χ4v) is 1.39. The van der Waals surface area contributed by atoms with Crippen LogP contribution in [0.25, 0.3) is 0 Å². The highest BCUT2D eigenvalue weighted by Crippen LogP contribution is 2.16. The summed E-state index contributed by atoms with van der Waals surface area (Å²) in [5.74, 6) is 0.747. The van der Waals surface area contributed by atoms with E-state index < -0.39 is 0 Å². The van der Waals surface area contributed by atoms with Crippen molar-refractivity contribution in [2.75, 3.05) is 13.7 Å². The van der Waals surface area contributed by atoms with Gasteiger partial charge in [0.05, 0.1) is 18.5 Å². The molecule has 0 bridgehead atoms. The molecule has 0 aliphatic carbocycles. The van der Waals surface area contributed by atoms with Gasteiger partial charge in [0.1, 0.15) is 11.9 Å². The molecule has 0 aliphatic heterocycles. The summed E-state index contributed by atoms with van der Waals surface area (Å²) in [7, 11) is 1.65. The highest BCUT2D eigenvalue weighted by Gasteiger charge is 2.06. The minimum absolute atomic E-state index is 0.00505. The topological polar surface area (TPSA) is 57.4 Å². The number of pyridine rings is 1. The Labute approximate surface area is 96.8 Å². The smallest absolute Gasteiger partial charge is 0.138 e. The molecule has 1 aromatic rings. The largest absolute Gasteiger partial charge is 0.487 e. The first-order chi connectivity index (χ1) is 7.67. The van der Waals surface area contributed by atoms with E-state index in [1.165, 1.54) is 0 Å². The van der Waals surface area contributed by atoms with Gasteiger partial charge in [0.15, 0.2) is 0 Å². The van der Waals surface area contributed by atoms with Gasteiger partial charge < -0.3 is 15.2 Å². The normalized spacial score (nSPS) is 14.5. The SMILES string of the molecule is CC[C@H](N)c1ccc(OC(C)COC)cn1. The number of ether oxygens (including phenoxy) is 2.